The normalized spacial score (nSPS) is 19.2. The second kappa shape index (κ2) is 12.2. The van der Waals surface area contributed by atoms with Gasteiger partial charge in [0.25, 0.3) is 5.91 Å². The number of benzene rings is 1. The van der Waals surface area contributed by atoms with E-state index in [1.165, 1.54) is 19.2 Å². The van der Waals surface area contributed by atoms with E-state index in [-0.39, 0.29) is 29.8 Å². The highest BCUT2D eigenvalue weighted by Crippen LogP contribution is 2.43. The molecule has 3 aromatic rings. The maximum absolute atomic E-state index is 13.8. The topological polar surface area (TPSA) is 119 Å². The minimum Gasteiger partial charge on any atom is -0.384 e. The van der Waals surface area contributed by atoms with E-state index in [9.17, 15) is 17.6 Å². The van der Waals surface area contributed by atoms with Crippen LogP contribution >= 0.6 is 0 Å². The number of pyridine rings is 1. The van der Waals surface area contributed by atoms with Gasteiger partial charge in [0, 0.05) is 45.2 Å². The first-order chi connectivity index (χ1) is 20.3. The number of anilines is 1. The van der Waals surface area contributed by atoms with Crippen LogP contribution in [-0.2, 0) is 19.5 Å². The number of piperidine rings is 1. The molecule has 2 aromatic heterocycles. The largest absolute Gasteiger partial charge is 0.384 e. The molecule has 4 heterocycles. The number of nitrogens with one attached hydrogen (secondary N) is 1. The second-order valence-electron chi connectivity index (χ2n) is 11.2. The summed E-state index contributed by atoms with van der Waals surface area (Å²) in [6.07, 6.45) is 5.05. The van der Waals surface area contributed by atoms with Crippen LogP contribution in [-0.4, -0.2) is 98.9 Å². The van der Waals surface area contributed by atoms with Gasteiger partial charge in [0.15, 0.2) is 5.65 Å². The number of aromatic nitrogens is 3. The molecule has 0 spiro atoms. The van der Waals surface area contributed by atoms with Crippen molar-refractivity contribution in [2.75, 3.05) is 63.8 Å². The number of nitrogens with zero attached hydrogens (tertiary/aromatic N) is 5. The molecule has 13 heteroatoms. The Labute approximate surface area is 245 Å². The zero-order valence-corrected chi connectivity index (χ0v) is 24.6. The van der Waals surface area contributed by atoms with Crippen LogP contribution in [0, 0.1) is 5.82 Å². The lowest BCUT2D eigenvalue weighted by Gasteiger charge is -2.41. The van der Waals surface area contributed by atoms with Gasteiger partial charge in [-0.25, -0.2) is 27.2 Å². The maximum atomic E-state index is 13.8. The van der Waals surface area contributed by atoms with Crippen molar-refractivity contribution in [3.05, 3.63) is 47.5 Å². The summed E-state index contributed by atoms with van der Waals surface area (Å²) >= 11 is 0. The summed E-state index contributed by atoms with van der Waals surface area (Å²) in [6, 6.07) is 8.15. The number of halogens is 1. The monoisotopic (exact) mass is 600 g/mol. The highest BCUT2D eigenvalue weighted by molar-refractivity contribution is 7.90. The third-order valence-corrected chi connectivity index (χ3v) is 9.81. The quantitative estimate of drug-likeness (QED) is 0.396. The predicted molar refractivity (Wildman–Crippen MR) is 156 cm³/mol. The summed E-state index contributed by atoms with van der Waals surface area (Å²) in [6.45, 7) is 4.89. The lowest BCUT2D eigenvalue weighted by Crippen LogP contribution is -2.49. The van der Waals surface area contributed by atoms with Gasteiger partial charge < -0.3 is 14.4 Å². The molecule has 3 fully saturated rings. The molecule has 11 nitrogen and oxygen atoms in total. The van der Waals surface area contributed by atoms with Crippen LogP contribution in [0.3, 0.4) is 0 Å². The van der Waals surface area contributed by atoms with E-state index in [4.69, 9.17) is 19.6 Å². The Balaban J connectivity index is 1.42. The molecule has 1 aliphatic carbocycles. The van der Waals surface area contributed by atoms with Crippen molar-refractivity contribution in [1.29, 1.82) is 0 Å². The van der Waals surface area contributed by atoms with Crippen molar-refractivity contribution in [2.24, 2.45) is 0 Å². The van der Waals surface area contributed by atoms with Crippen molar-refractivity contribution in [1.82, 2.24) is 24.4 Å². The van der Waals surface area contributed by atoms with E-state index < -0.39 is 15.9 Å². The van der Waals surface area contributed by atoms with Crippen LogP contribution in [0.1, 0.15) is 54.2 Å². The van der Waals surface area contributed by atoms with Crippen molar-refractivity contribution in [3.8, 4) is 5.69 Å². The lowest BCUT2D eigenvalue weighted by atomic mass is 9.82. The molecular formula is C29H37FN6O5S. The number of ether oxygens (including phenoxy) is 2. The van der Waals surface area contributed by atoms with Gasteiger partial charge in [-0.2, -0.15) is 5.10 Å². The Morgan fingerprint density at radius 1 is 1.10 bits per heavy atom. The fourth-order valence-corrected chi connectivity index (χ4v) is 6.95. The highest BCUT2D eigenvalue weighted by atomic mass is 32.2. The first-order valence-electron chi connectivity index (χ1n) is 14.6. The molecule has 3 aliphatic rings. The van der Waals surface area contributed by atoms with Crippen LogP contribution in [0.5, 0.6) is 0 Å². The van der Waals surface area contributed by atoms with E-state index >= 15 is 0 Å². The molecule has 1 amide bonds. The average Bonchev–Trinajstić information content (AvgIpc) is 3.34. The van der Waals surface area contributed by atoms with Gasteiger partial charge >= 0.3 is 0 Å². The molecule has 6 rings (SSSR count). The zero-order chi connectivity index (χ0) is 29.3. The van der Waals surface area contributed by atoms with Gasteiger partial charge in [-0.1, -0.05) is 6.42 Å². The number of rotatable bonds is 9. The first-order valence-corrected chi connectivity index (χ1v) is 16.3. The summed E-state index contributed by atoms with van der Waals surface area (Å²) in [5.74, 6) is -1.27. The summed E-state index contributed by atoms with van der Waals surface area (Å²) in [5, 5.41) is 5.86. The second-order valence-corrected chi connectivity index (χ2v) is 13.1. The molecule has 42 heavy (non-hydrogen) atoms. The maximum Gasteiger partial charge on any atom is 0.283 e. The van der Waals surface area contributed by atoms with Crippen LogP contribution in [0.2, 0.25) is 0 Å². The van der Waals surface area contributed by atoms with Crippen LogP contribution in [0.4, 0.5) is 10.1 Å². The van der Waals surface area contributed by atoms with Crippen molar-refractivity contribution >= 4 is 32.7 Å². The van der Waals surface area contributed by atoms with Gasteiger partial charge in [-0.3, -0.25) is 9.69 Å². The van der Waals surface area contributed by atoms with Crippen LogP contribution in [0.25, 0.3) is 16.7 Å². The minimum absolute atomic E-state index is 0.0165. The van der Waals surface area contributed by atoms with Crippen LogP contribution < -0.4 is 9.62 Å². The van der Waals surface area contributed by atoms with Gasteiger partial charge in [-0.05, 0) is 56.0 Å². The van der Waals surface area contributed by atoms with Gasteiger partial charge in [0.1, 0.15) is 11.5 Å². The van der Waals surface area contributed by atoms with E-state index in [1.807, 2.05) is 0 Å². The van der Waals surface area contributed by atoms with Crippen molar-refractivity contribution in [2.45, 2.75) is 44.1 Å². The Morgan fingerprint density at radius 3 is 2.45 bits per heavy atom. The van der Waals surface area contributed by atoms with Gasteiger partial charge in [0.2, 0.25) is 10.0 Å². The fraction of sp³-hybridized carbons (Fsp3) is 0.552. The van der Waals surface area contributed by atoms with Gasteiger partial charge in [-0.15, -0.1) is 0 Å². The number of hydrogen-bond acceptors (Lipinski definition) is 9. The summed E-state index contributed by atoms with van der Waals surface area (Å²) in [7, 11) is -2.53. The molecule has 0 bridgehead atoms. The molecule has 2 aliphatic heterocycles. The first kappa shape index (κ1) is 29.0. The zero-order valence-electron chi connectivity index (χ0n) is 23.8. The molecule has 2 saturated heterocycles. The van der Waals surface area contributed by atoms with E-state index in [1.54, 1.807) is 22.9 Å². The minimum atomic E-state index is -3.93. The van der Waals surface area contributed by atoms with E-state index in [2.05, 4.69) is 14.5 Å². The molecule has 0 atom stereocenters. The number of morpholine rings is 1. The number of carbonyl (C=O) groups excluding carboxylic acids is 1. The Hall–Kier alpha value is -3.13. The molecular weight excluding hydrogens is 563 g/mol. The number of sulfonamides is 1. The summed E-state index contributed by atoms with van der Waals surface area (Å²) < 4.78 is 53.2. The number of carbonyl (C=O) groups is 1. The summed E-state index contributed by atoms with van der Waals surface area (Å²) in [5.41, 5.74) is 2.79. The number of hydrogen-bond donors (Lipinski definition) is 1. The Bertz CT molecular complexity index is 1530. The molecule has 226 valence electrons. The van der Waals surface area contributed by atoms with Crippen molar-refractivity contribution in [3.63, 3.8) is 0 Å². The number of methoxy groups -OCH3 is 1. The highest BCUT2D eigenvalue weighted by Gasteiger charge is 2.33. The fourth-order valence-electron chi connectivity index (χ4n) is 6.07. The number of fused-ring (bicyclic) bond motifs is 1. The predicted octanol–water partition coefficient (Wildman–Crippen LogP) is 2.83. The standard InChI is InChI=1S/C29H37FN6O5S/c1-40-17-18-42(38,39)33-29(37)24-19-25(35-11-9-22(10-12-35)34-13-15-41-16-14-34)26-27(20-3-2-4-20)32-36(28(26)31-24)23-7-5-21(30)6-8-23/h5-8,19-20,22H,2-4,9-18H2,1H3,(H,33,37). The lowest BCUT2D eigenvalue weighted by molar-refractivity contribution is 0.0115. The Kier molecular flexibility index (Phi) is 8.44. The Morgan fingerprint density at radius 2 is 1.81 bits per heavy atom. The molecule has 0 radical (unpaired) electrons. The third kappa shape index (κ3) is 6.01. The molecule has 0 unspecified atom stereocenters. The third-order valence-electron chi connectivity index (χ3n) is 8.61. The SMILES string of the molecule is COCCS(=O)(=O)NC(=O)c1cc(N2CCC(N3CCOCC3)CC2)c2c(C3CCC3)nn(-c3ccc(F)cc3)c2n1. The van der Waals surface area contributed by atoms with Crippen LogP contribution in [0.15, 0.2) is 30.3 Å². The average molecular weight is 601 g/mol. The smallest absolute Gasteiger partial charge is 0.283 e. The molecule has 1 saturated carbocycles. The number of amides is 1. The summed E-state index contributed by atoms with van der Waals surface area (Å²) in [4.78, 5) is 22.8. The van der Waals surface area contributed by atoms with E-state index in [0.717, 1.165) is 88.3 Å². The molecule has 1 N–H and O–H groups in total. The van der Waals surface area contributed by atoms with Crippen molar-refractivity contribution < 1.29 is 27.1 Å². The molecule has 1 aromatic carbocycles. The van der Waals surface area contributed by atoms with E-state index in [0.29, 0.717) is 17.4 Å². The van der Waals surface area contributed by atoms with Gasteiger partial charge in [0.05, 0.1) is 48.0 Å².